The predicted molar refractivity (Wildman–Crippen MR) is 115 cm³/mol. The molecule has 2 N–H and O–H groups in total. The number of aromatic nitrogens is 2. The Morgan fingerprint density at radius 1 is 1.21 bits per heavy atom. The van der Waals surface area contributed by atoms with E-state index in [0.29, 0.717) is 11.4 Å². The van der Waals surface area contributed by atoms with Gasteiger partial charge in [-0.1, -0.05) is 30.3 Å². The largest absolute Gasteiger partial charge is 0.496 e. The van der Waals surface area contributed by atoms with Crippen LogP contribution in [0.25, 0.3) is 11.3 Å². The minimum atomic E-state index is -0.0896. The van der Waals surface area contributed by atoms with Gasteiger partial charge in [0.05, 0.1) is 30.0 Å². The average molecular weight is 443 g/mol. The first kappa shape index (κ1) is 20.1. The minimum Gasteiger partial charge on any atom is -0.496 e. The second-order valence-electron chi connectivity index (χ2n) is 6.34. The lowest BCUT2D eigenvalue weighted by Crippen LogP contribution is -2.29. The molecule has 1 heterocycles. The van der Waals surface area contributed by atoms with Crippen LogP contribution in [0, 0.1) is 0 Å². The van der Waals surface area contributed by atoms with Crippen molar-refractivity contribution in [2.45, 2.75) is 6.42 Å². The highest BCUT2D eigenvalue weighted by Gasteiger charge is 2.15. The maximum Gasteiger partial charge on any atom is 0.238 e. The molecule has 1 amide bonds. The number of halogens is 1. The lowest BCUT2D eigenvalue weighted by Gasteiger charge is -2.13. The highest BCUT2D eigenvalue weighted by molar-refractivity contribution is 9.10. The van der Waals surface area contributed by atoms with Crippen molar-refractivity contribution in [1.82, 2.24) is 15.1 Å². The fourth-order valence-electron chi connectivity index (χ4n) is 2.97. The minimum absolute atomic E-state index is 0.0896. The molecule has 0 saturated carbocycles. The maximum atomic E-state index is 12.3. The monoisotopic (exact) mass is 442 g/mol. The van der Waals surface area contributed by atoms with Gasteiger partial charge in [-0.05, 0) is 52.7 Å². The van der Waals surface area contributed by atoms with Crippen LogP contribution in [0.4, 0.5) is 5.69 Å². The van der Waals surface area contributed by atoms with Gasteiger partial charge < -0.3 is 15.4 Å². The number of methoxy groups -OCH3 is 1. The molecule has 28 heavy (non-hydrogen) atoms. The van der Waals surface area contributed by atoms with Gasteiger partial charge in [0.2, 0.25) is 5.91 Å². The van der Waals surface area contributed by atoms with Crippen LogP contribution in [0.2, 0.25) is 0 Å². The molecule has 1 aromatic heterocycles. The van der Waals surface area contributed by atoms with Crippen molar-refractivity contribution in [3.63, 3.8) is 0 Å². The van der Waals surface area contributed by atoms with E-state index in [2.05, 4.69) is 43.8 Å². The predicted octanol–water partition coefficient (Wildman–Crippen LogP) is 3.63. The molecular weight excluding hydrogens is 420 g/mol. The van der Waals surface area contributed by atoms with E-state index < -0.39 is 0 Å². The Morgan fingerprint density at radius 3 is 2.68 bits per heavy atom. The summed E-state index contributed by atoms with van der Waals surface area (Å²) in [5, 5.41) is 10.4. The van der Waals surface area contributed by atoms with Gasteiger partial charge in [-0.2, -0.15) is 5.10 Å². The van der Waals surface area contributed by atoms with Gasteiger partial charge in [-0.25, -0.2) is 0 Å². The highest BCUT2D eigenvalue weighted by Crippen LogP contribution is 2.36. The van der Waals surface area contributed by atoms with E-state index in [4.69, 9.17) is 4.74 Å². The number of anilines is 1. The SMILES string of the molecule is COc1ccc(NC(=O)CNCCc2ccccc2)cc1-c1c(Br)cnn1C. The zero-order chi connectivity index (χ0) is 19.9. The summed E-state index contributed by atoms with van der Waals surface area (Å²) in [7, 11) is 3.49. The summed E-state index contributed by atoms with van der Waals surface area (Å²) in [5.74, 6) is 0.622. The number of nitrogens with one attached hydrogen (secondary N) is 2. The average Bonchev–Trinajstić information content (AvgIpc) is 3.04. The fraction of sp³-hybridized carbons (Fsp3) is 0.238. The maximum absolute atomic E-state index is 12.3. The molecule has 2 aromatic carbocycles. The summed E-state index contributed by atoms with van der Waals surface area (Å²) in [5.41, 5.74) is 3.69. The van der Waals surface area contributed by atoms with Crippen molar-refractivity contribution in [3.8, 4) is 17.0 Å². The molecule has 0 aliphatic rings. The Hall–Kier alpha value is -2.64. The first-order valence-corrected chi connectivity index (χ1v) is 9.78. The molecule has 0 spiro atoms. The first-order valence-electron chi connectivity index (χ1n) is 8.99. The van der Waals surface area contributed by atoms with Crippen molar-refractivity contribution in [2.75, 3.05) is 25.5 Å². The van der Waals surface area contributed by atoms with Crippen molar-refractivity contribution in [1.29, 1.82) is 0 Å². The Bertz CT molecular complexity index is 921. The van der Waals surface area contributed by atoms with Crippen molar-refractivity contribution >= 4 is 27.5 Å². The fourth-order valence-corrected chi connectivity index (χ4v) is 3.53. The molecule has 0 atom stereocenters. The van der Waals surface area contributed by atoms with Gasteiger partial charge >= 0.3 is 0 Å². The number of hydrogen-bond donors (Lipinski definition) is 2. The van der Waals surface area contributed by atoms with E-state index in [1.54, 1.807) is 18.0 Å². The van der Waals surface area contributed by atoms with Crippen LogP contribution in [0.15, 0.2) is 59.2 Å². The summed E-state index contributed by atoms with van der Waals surface area (Å²) in [6.45, 7) is 0.997. The summed E-state index contributed by atoms with van der Waals surface area (Å²) < 4.78 is 8.10. The molecule has 7 heteroatoms. The summed E-state index contributed by atoms with van der Waals surface area (Å²) in [4.78, 5) is 12.3. The quantitative estimate of drug-likeness (QED) is 0.522. The second-order valence-corrected chi connectivity index (χ2v) is 7.19. The number of ether oxygens (including phenoxy) is 1. The van der Waals surface area contributed by atoms with Gasteiger partial charge in [0.25, 0.3) is 0 Å². The van der Waals surface area contributed by atoms with Crippen LogP contribution < -0.4 is 15.4 Å². The van der Waals surface area contributed by atoms with Gasteiger partial charge in [0.1, 0.15) is 5.75 Å². The van der Waals surface area contributed by atoms with Crippen LogP contribution in [-0.2, 0) is 18.3 Å². The molecule has 0 aliphatic heterocycles. The van der Waals surface area contributed by atoms with Crippen LogP contribution >= 0.6 is 15.9 Å². The molecule has 0 bridgehead atoms. The van der Waals surface area contributed by atoms with Crippen molar-refractivity contribution in [2.24, 2.45) is 7.05 Å². The van der Waals surface area contributed by atoms with Gasteiger partial charge in [-0.15, -0.1) is 0 Å². The third-order valence-corrected chi connectivity index (χ3v) is 4.93. The topological polar surface area (TPSA) is 68.2 Å². The van der Waals surface area contributed by atoms with Crippen molar-refractivity contribution in [3.05, 3.63) is 64.8 Å². The third kappa shape index (κ3) is 4.99. The van der Waals surface area contributed by atoms with Crippen molar-refractivity contribution < 1.29 is 9.53 Å². The number of carbonyl (C=O) groups is 1. The zero-order valence-electron chi connectivity index (χ0n) is 15.9. The number of aryl methyl sites for hydroxylation is 1. The molecule has 3 rings (SSSR count). The lowest BCUT2D eigenvalue weighted by atomic mass is 10.1. The van der Waals surface area contributed by atoms with Crippen LogP contribution in [0.3, 0.4) is 0 Å². The first-order chi connectivity index (χ1) is 13.6. The molecule has 6 nitrogen and oxygen atoms in total. The van der Waals surface area contributed by atoms with Gasteiger partial charge in [-0.3, -0.25) is 9.48 Å². The van der Waals surface area contributed by atoms with E-state index in [1.165, 1.54) is 5.56 Å². The van der Waals surface area contributed by atoms with E-state index in [1.807, 2.05) is 43.4 Å². The number of carbonyl (C=O) groups excluding carboxylic acids is 1. The number of amides is 1. The third-order valence-electron chi connectivity index (χ3n) is 4.35. The number of benzene rings is 2. The molecule has 0 radical (unpaired) electrons. The summed E-state index contributed by atoms with van der Waals surface area (Å²) >= 11 is 3.52. The Labute approximate surface area is 173 Å². The van der Waals surface area contributed by atoms with Crippen LogP contribution in [0.5, 0.6) is 5.75 Å². The van der Waals surface area contributed by atoms with E-state index in [9.17, 15) is 4.79 Å². The molecule has 0 unspecified atom stereocenters. The van der Waals surface area contributed by atoms with Crippen LogP contribution in [0.1, 0.15) is 5.56 Å². The molecule has 0 aliphatic carbocycles. The Kier molecular flexibility index (Phi) is 6.84. The normalized spacial score (nSPS) is 10.7. The van der Waals surface area contributed by atoms with Gasteiger partial charge in [0.15, 0.2) is 0 Å². The number of rotatable bonds is 8. The Balaban J connectivity index is 1.61. The molecule has 0 saturated heterocycles. The number of nitrogens with zero attached hydrogens (tertiary/aromatic N) is 2. The van der Waals surface area contributed by atoms with Gasteiger partial charge in [0, 0.05) is 18.3 Å². The smallest absolute Gasteiger partial charge is 0.238 e. The number of hydrogen-bond acceptors (Lipinski definition) is 4. The Morgan fingerprint density at radius 2 is 2.00 bits per heavy atom. The van der Waals surface area contributed by atoms with E-state index in [-0.39, 0.29) is 12.5 Å². The zero-order valence-corrected chi connectivity index (χ0v) is 17.5. The molecule has 3 aromatic rings. The van der Waals surface area contributed by atoms with E-state index >= 15 is 0 Å². The molecule has 146 valence electrons. The van der Waals surface area contributed by atoms with Crippen LogP contribution in [-0.4, -0.2) is 35.9 Å². The van der Waals surface area contributed by atoms with E-state index in [0.717, 1.165) is 28.7 Å². The molecular formula is C21H23BrN4O2. The molecule has 0 fully saturated rings. The summed E-state index contributed by atoms with van der Waals surface area (Å²) in [6.07, 6.45) is 2.62. The standard InChI is InChI=1S/C21H23BrN4O2/c1-26-21(18(22)13-24-26)17-12-16(8-9-19(17)28-2)25-20(27)14-23-11-10-15-6-4-3-5-7-15/h3-9,12-13,23H,10-11,14H2,1-2H3,(H,25,27). The summed E-state index contributed by atoms with van der Waals surface area (Å²) in [6, 6.07) is 15.8. The highest BCUT2D eigenvalue weighted by atomic mass is 79.9. The second kappa shape index (κ2) is 9.52. The lowest BCUT2D eigenvalue weighted by molar-refractivity contribution is -0.115.